The third kappa shape index (κ3) is 3.83. The van der Waals surface area contributed by atoms with E-state index >= 15 is 0 Å². The molecule has 0 atom stereocenters. The highest BCUT2D eigenvalue weighted by Gasteiger charge is 2.21. The van der Waals surface area contributed by atoms with Gasteiger partial charge in [-0.15, -0.1) is 0 Å². The molecular weight excluding hydrogens is 248 g/mol. The van der Waals surface area contributed by atoms with Gasteiger partial charge in [0.15, 0.2) is 0 Å². The maximum Gasteiger partial charge on any atom is 0.227 e. The summed E-state index contributed by atoms with van der Waals surface area (Å²) in [5.41, 5.74) is 2.32. The van der Waals surface area contributed by atoms with Crippen molar-refractivity contribution in [1.82, 2.24) is 5.32 Å². The maximum absolute atomic E-state index is 11.7. The van der Waals surface area contributed by atoms with Crippen molar-refractivity contribution in [2.75, 3.05) is 18.0 Å². The molecule has 3 nitrogen and oxygen atoms in total. The van der Waals surface area contributed by atoms with Gasteiger partial charge in [-0.1, -0.05) is 38.8 Å². The summed E-state index contributed by atoms with van der Waals surface area (Å²) in [5.74, 6) is 1.03. The van der Waals surface area contributed by atoms with E-state index < -0.39 is 0 Å². The van der Waals surface area contributed by atoms with E-state index in [4.69, 9.17) is 0 Å². The molecule has 3 heteroatoms. The first-order valence-electron chi connectivity index (χ1n) is 7.84. The lowest BCUT2D eigenvalue weighted by molar-refractivity contribution is -0.117. The summed E-state index contributed by atoms with van der Waals surface area (Å²) in [7, 11) is 0. The first kappa shape index (κ1) is 15.0. The van der Waals surface area contributed by atoms with E-state index in [-0.39, 0.29) is 5.91 Å². The van der Waals surface area contributed by atoms with Crippen molar-refractivity contribution in [3.63, 3.8) is 0 Å². The van der Waals surface area contributed by atoms with E-state index in [1.54, 1.807) is 0 Å². The van der Waals surface area contributed by atoms with E-state index in [1.807, 2.05) is 4.90 Å². The minimum atomic E-state index is 0.254. The van der Waals surface area contributed by atoms with Crippen LogP contribution in [0.2, 0.25) is 0 Å². The zero-order chi connectivity index (χ0) is 14.4. The van der Waals surface area contributed by atoms with Crippen molar-refractivity contribution < 1.29 is 4.79 Å². The lowest BCUT2D eigenvalue weighted by Gasteiger charge is -2.16. The third-order valence-electron chi connectivity index (χ3n) is 4.24. The number of hydrogen-bond donors (Lipinski definition) is 1. The minimum Gasteiger partial charge on any atom is -0.312 e. The molecule has 1 amide bonds. The van der Waals surface area contributed by atoms with E-state index in [2.05, 4.69) is 43.4 Å². The van der Waals surface area contributed by atoms with Gasteiger partial charge < -0.3 is 10.2 Å². The van der Waals surface area contributed by atoms with Crippen molar-refractivity contribution in [2.45, 2.75) is 46.1 Å². The largest absolute Gasteiger partial charge is 0.312 e. The highest BCUT2D eigenvalue weighted by Crippen LogP contribution is 2.21. The van der Waals surface area contributed by atoms with Crippen LogP contribution in [-0.2, 0) is 11.3 Å². The van der Waals surface area contributed by atoms with Gasteiger partial charge in [0.2, 0.25) is 5.91 Å². The summed E-state index contributed by atoms with van der Waals surface area (Å²) in [6.45, 7) is 7.35. The Labute approximate surface area is 122 Å². The van der Waals surface area contributed by atoms with Gasteiger partial charge >= 0.3 is 0 Å². The number of rotatable bonds is 7. The quantitative estimate of drug-likeness (QED) is 0.827. The van der Waals surface area contributed by atoms with Gasteiger partial charge in [-0.25, -0.2) is 0 Å². The van der Waals surface area contributed by atoms with Crippen molar-refractivity contribution in [3.05, 3.63) is 29.8 Å². The SMILES string of the molecule is CCC(CC)CNCc1ccc(N2CCCC2=O)cc1. The molecule has 0 spiro atoms. The van der Waals surface area contributed by atoms with Crippen molar-refractivity contribution in [1.29, 1.82) is 0 Å². The first-order valence-corrected chi connectivity index (χ1v) is 7.84. The second kappa shape index (κ2) is 7.44. The fraction of sp³-hybridized carbons (Fsp3) is 0.588. The van der Waals surface area contributed by atoms with Crippen molar-refractivity contribution >= 4 is 11.6 Å². The first-order chi connectivity index (χ1) is 9.74. The van der Waals surface area contributed by atoms with Crippen LogP contribution in [-0.4, -0.2) is 19.0 Å². The Morgan fingerprint density at radius 1 is 1.20 bits per heavy atom. The number of carbonyl (C=O) groups is 1. The molecule has 110 valence electrons. The van der Waals surface area contributed by atoms with Crippen LogP contribution < -0.4 is 10.2 Å². The predicted octanol–water partition coefficient (Wildman–Crippen LogP) is 3.34. The summed E-state index contributed by atoms with van der Waals surface area (Å²) in [5, 5.41) is 3.52. The summed E-state index contributed by atoms with van der Waals surface area (Å²) in [6.07, 6.45) is 4.15. The van der Waals surface area contributed by atoms with Gasteiger partial charge in [0.1, 0.15) is 0 Å². The summed E-state index contributed by atoms with van der Waals surface area (Å²) >= 11 is 0. The highest BCUT2D eigenvalue weighted by atomic mass is 16.2. The van der Waals surface area contributed by atoms with Gasteiger partial charge in [0, 0.05) is 25.2 Å². The monoisotopic (exact) mass is 274 g/mol. The number of anilines is 1. The van der Waals surface area contributed by atoms with Crippen molar-refractivity contribution in [3.8, 4) is 0 Å². The lowest BCUT2D eigenvalue weighted by atomic mass is 10.0. The Kier molecular flexibility index (Phi) is 5.60. The molecule has 1 heterocycles. The zero-order valence-corrected chi connectivity index (χ0v) is 12.7. The van der Waals surface area contributed by atoms with Crippen LogP contribution in [0.5, 0.6) is 0 Å². The average molecular weight is 274 g/mol. The maximum atomic E-state index is 11.7. The van der Waals surface area contributed by atoms with Gasteiger partial charge in [0.25, 0.3) is 0 Å². The molecule has 0 radical (unpaired) electrons. The topological polar surface area (TPSA) is 32.3 Å². The van der Waals surface area contributed by atoms with Crippen LogP contribution >= 0.6 is 0 Å². The van der Waals surface area contributed by atoms with Crippen LogP contribution in [0.25, 0.3) is 0 Å². The second-order valence-electron chi connectivity index (χ2n) is 5.63. The molecule has 0 bridgehead atoms. The smallest absolute Gasteiger partial charge is 0.227 e. The zero-order valence-electron chi connectivity index (χ0n) is 12.7. The van der Waals surface area contributed by atoms with E-state index in [9.17, 15) is 4.79 Å². The minimum absolute atomic E-state index is 0.254. The Bertz CT molecular complexity index is 423. The number of carbonyl (C=O) groups excluding carboxylic acids is 1. The Hall–Kier alpha value is -1.35. The highest BCUT2D eigenvalue weighted by molar-refractivity contribution is 5.95. The molecule has 20 heavy (non-hydrogen) atoms. The molecule has 1 N–H and O–H groups in total. The van der Waals surface area contributed by atoms with Gasteiger partial charge in [-0.2, -0.15) is 0 Å². The molecule has 1 fully saturated rings. The fourth-order valence-corrected chi connectivity index (χ4v) is 2.71. The van der Waals surface area contributed by atoms with Crippen LogP contribution in [0.1, 0.15) is 45.1 Å². The predicted molar refractivity (Wildman–Crippen MR) is 83.8 cm³/mol. The number of hydrogen-bond acceptors (Lipinski definition) is 2. The standard InChI is InChI=1S/C17H26N2O/c1-3-14(4-2)12-18-13-15-7-9-16(10-8-15)19-11-5-6-17(19)20/h7-10,14,18H,3-6,11-13H2,1-2H3. The summed E-state index contributed by atoms with van der Waals surface area (Å²) in [6, 6.07) is 8.39. The van der Waals surface area contributed by atoms with Gasteiger partial charge in [-0.05, 0) is 36.6 Å². The van der Waals surface area contributed by atoms with Crippen LogP contribution in [0.15, 0.2) is 24.3 Å². The second-order valence-corrected chi connectivity index (χ2v) is 5.63. The van der Waals surface area contributed by atoms with Crippen molar-refractivity contribution in [2.24, 2.45) is 5.92 Å². The number of nitrogens with one attached hydrogen (secondary N) is 1. The molecule has 0 saturated carbocycles. The molecular formula is C17H26N2O. The Balaban J connectivity index is 1.84. The molecule has 0 aromatic heterocycles. The Morgan fingerprint density at radius 3 is 2.45 bits per heavy atom. The summed E-state index contributed by atoms with van der Waals surface area (Å²) in [4.78, 5) is 13.6. The molecule has 1 aliphatic rings. The van der Waals surface area contributed by atoms with Gasteiger partial charge in [-0.3, -0.25) is 4.79 Å². The van der Waals surface area contributed by atoms with E-state index in [0.717, 1.165) is 37.7 Å². The van der Waals surface area contributed by atoms with E-state index in [0.29, 0.717) is 6.42 Å². The van der Waals surface area contributed by atoms with Crippen LogP contribution in [0, 0.1) is 5.92 Å². The van der Waals surface area contributed by atoms with Gasteiger partial charge in [0.05, 0.1) is 0 Å². The molecule has 2 rings (SSSR count). The lowest BCUT2D eigenvalue weighted by Crippen LogP contribution is -2.24. The normalized spacial score (nSPS) is 15.3. The van der Waals surface area contributed by atoms with E-state index in [1.165, 1.54) is 18.4 Å². The Morgan fingerprint density at radius 2 is 1.90 bits per heavy atom. The third-order valence-corrected chi connectivity index (χ3v) is 4.24. The van der Waals surface area contributed by atoms with Crippen LogP contribution in [0.3, 0.4) is 0 Å². The van der Waals surface area contributed by atoms with Crippen LogP contribution in [0.4, 0.5) is 5.69 Å². The molecule has 1 aromatic carbocycles. The number of benzene rings is 1. The number of amides is 1. The molecule has 0 unspecified atom stereocenters. The molecule has 0 aliphatic carbocycles. The number of nitrogens with zero attached hydrogens (tertiary/aromatic N) is 1. The molecule has 1 saturated heterocycles. The average Bonchev–Trinajstić information content (AvgIpc) is 2.90. The summed E-state index contributed by atoms with van der Waals surface area (Å²) < 4.78 is 0. The molecule has 1 aromatic rings. The fourth-order valence-electron chi connectivity index (χ4n) is 2.71. The molecule has 1 aliphatic heterocycles.